The largest absolute Gasteiger partial charge is 0.543 e. The highest BCUT2D eigenvalue weighted by Gasteiger charge is 2.44. The lowest BCUT2D eigenvalue weighted by Gasteiger charge is -2.39. The van der Waals surface area contributed by atoms with Gasteiger partial charge in [0.25, 0.3) is 8.32 Å². The Morgan fingerprint density at radius 3 is 2.20 bits per heavy atom. The smallest absolute Gasteiger partial charge is 0.330 e. The van der Waals surface area contributed by atoms with Crippen LogP contribution in [0.15, 0.2) is 72.8 Å². The van der Waals surface area contributed by atoms with Crippen LogP contribution < -0.4 is 4.43 Å². The van der Waals surface area contributed by atoms with Crippen LogP contribution in [0.25, 0.3) is 17.2 Å². The van der Waals surface area contributed by atoms with Crippen molar-refractivity contribution in [2.45, 2.75) is 77.9 Å². The average molecular weight is 554 g/mol. The van der Waals surface area contributed by atoms with E-state index in [2.05, 4.69) is 84.9 Å². The number of nitriles is 1. The molecule has 0 fully saturated rings. The maximum Gasteiger partial charge on any atom is 0.330 e. The van der Waals surface area contributed by atoms with Crippen LogP contribution in [0.3, 0.4) is 0 Å². The second kappa shape index (κ2) is 13.2. The van der Waals surface area contributed by atoms with Gasteiger partial charge in [-0.05, 0) is 75.5 Å². The summed E-state index contributed by atoms with van der Waals surface area (Å²) in [6, 6.07) is 25.7. The Labute approximate surface area is 241 Å². The van der Waals surface area contributed by atoms with Crippen molar-refractivity contribution in [1.82, 2.24) is 0 Å². The standard InChI is InChI=1S/C35H43NO3Si/c1-9-38-34(37)21-19-29-18-20-31(22-33(29)35(6,7)8)39-40(25(2)3,26(4)5)24-27-14-16-28(17-15-27)32-13-11-10-12-30(32)23-36/h10-22,25-26H,9,24H2,1-8H3/b21-19+. The van der Waals surface area contributed by atoms with Crippen LogP contribution in [0.4, 0.5) is 0 Å². The molecule has 0 bridgehead atoms. The third kappa shape index (κ3) is 7.31. The van der Waals surface area contributed by atoms with Gasteiger partial charge in [0.1, 0.15) is 5.75 Å². The molecule has 0 aromatic heterocycles. The molecule has 0 atom stereocenters. The topological polar surface area (TPSA) is 59.3 Å². The SMILES string of the molecule is CCOC(=O)/C=C/c1ccc(O[Si](Cc2ccc(-c3ccccc3C#N)cc2)(C(C)C)C(C)C)cc1C(C)(C)C. The maximum atomic E-state index is 11.9. The minimum Gasteiger partial charge on any atom is -0.543 e. The zero-order chi connectivity index (χ0) is 29.5. The molecule has 0 saturated heterocycles. The summed E-state index contributed by atoms with van der Waals surface area (Å²) in [7, 11) is -2.34. The third-order valence-corrected chi connectivity index (χ3v) is 13.1. The van der Waals surface area contributed by atoms with Crippen molar-refractivity contribution in [3.63, 3.8) is 0 Å². The van der Waals surface area contributed by atoms with Gasteiger partial charge in [-0.15, -0.1) is 0 Å². The Kier molecular flexibility index (Phi) is 10.2. The monoisotopic (exact) mass is 553 g/mol. The molecular formula is C35H43NO3Si. The summed E-state index contributed by atoms with van der Waals surface area (Å²) in [6.07, 6.45) is 3.33. The van der Waals surface area contributed by atoms with Gasteiger partial charge in [0.05, 0.1) is 18.2 Å². The first kappa shape index (κ1) is 30.9. The van der Waals surface area contributed by atoms with Crippen molar-refractivity contribution in [2.75, 3.05) is 6.61 Å². The molecule has 40 heavy (non-hydrogen) atoms. The predicted octanol–water partition coefficient (Wildman–Crippen LogP) is 9.03. The first-order valence-corrected chi connectivity index (χ1v) is 16.4. The van der Waals surface area contributed by atoms with Crippen LogP contribution in [-0.4, -0.2) is 20.9 Å². The molecule has 0 aliphatic heterocycles. The molecule has 0 N–H and O–H groups in total. The fourth-order valence-electron chi connectivity index (χ4n) is 5.26. The van der Waals surface area contributed by atoms with Crippen LogP contribution in [0.1, 0.15) is 77.6 Å². The quantitative estimate of drug-likeness (QED) is 0.143. The van der Waals surface area contributed by atoms with E-state index in [1.165, 1.54) is 11.6 Å². The van der Waals surface area contributed by atoms with E-state index < -0.39 is 8.32 Å². The summed E-state index contributed by atoms with van der Waals surface area (Å²) < 4.78 is 12.2. The summed E-state index contributed by atoms with van der Waals surface area (Å²) in [5.41, 5.74) is 6.67. The van der Waals surface area contributed by atoms with E-state index in [1.807, 2.05) is 42.5 Å². The molecule has 0 spiro atoms. The molecule has 0 aliphatic carbocycles. The van der Waals surface area contributed by atoms with E-state index in [1.54, 1.807) is 6.92 Å². The molecule has 0 saturated carbocycles. The van der Waals surface area contributed by atoms with Crippen LogP contribution in [-0.2, 0) is 21.0 Å². The van der Waals surface area contributed by atoms with E-state index in [-0.39, 0.29) is 11.4 Å². The molecule has 4 nitrogen and oxygen atoms in total. The van der Waals surface area contributed by atoms with Crippen molar-refractivity contribution in [2.24, 2.45) is 0 Å². The molecule has 0 unspecified atom stereocenters. The summed E-state index contributed by atoms with van der Waals surface area (Å²) in [6.45, 7) is 17.8. The van der Waals surface area contributed by atoms with E-state index in [0.29, 0.717) is 23.3 Å². The summed E-state index contributed by atoms with van der Waals surface area (Å²) in [4.78, 5) is 11.9. The summed E-state index contributed by atoms with van der Waals surface area (Å²) >= 11 is 0. The van der Waals surface area contributed by atoms with Gasteiger partial charge in [0, 0.05) is 12.1 Å². The lowest BCUT2D eigenvalue weighted by atomic mass is 9.83. The lowest BCUT2D eigenvalue weighted by molar-refractivity contribution is -0.137. The molecular weight excluding hydrogens is 510 g/mol. The Hall–Kier alpha value is -3.62. The van der Waals surface area contributed by atoms with Gasteiger partial charge < -0.3 is 9.16 Å². The predicted molar refractivity (Wildman–Crippen MR) is 168 cm³/mol. The summed E-state index contributed by atoms with van der Waals surface area (Å²) in [5, 5.41) is 9.53. The molecule has 0 heterocycles. The van der Waals surface area contributed by atoms with Gasteiger partial charge in [0.15, 0.2) is 0 Å². The second-order valence-corrected chi connectivity index (χ2v) is 16.8. The van der Waals surface area contributed by atoms with Gasteiger partial charge >= 0.3 is 5.97 Å². The number of rotatable bonds is 10. The Morgan fingerprint density at radius 2 is 1.62 bits per heavy atom. The number of esters is 1. The van der Waals surface area contributed by atoms with E-state index in [0.717, 1.165) is 34.0 Å². The highest BCUT2D eigenvalue weighted by molar-refractivity contribution is 6.76. The maximum absolute atomic E-state index is 11.9. The van der Waals surface area contributed by atoms with Crippen molar-refractivity contribution in [3.05, 3.63) is 95.1 Å². The summed E-state index contributed by atoms with van der Waals surface area (Å²) in [5.74, 6) is 0.544. The lowest BCUT2D eigenvalue weighted by Crippen LogP contribution is -2.50. The highest BCUT2D eigenvalue weighted by Crippen LogP contribution is 2.39. The minimum absolute atomic E-state index is 0.136. The van der Waals surface area contributed by atoms with E-state index >= 15 is 0 Å². The van der Waals surface area contributed by atoms with Gasteiger partial charge in [-0.1, -0.05) is 97.0 Å². The zero-order valence-electron chi connectivity index (χ0n) is 25.2. The van der Waals surface area contributed by atoms with Crippen molar-refractivity contribution >= 4 is 20.4 Å². The first-order chi connectivity index (χ1) is 18.9. The number of hydrogen-bond acceptors (Lipinski definition) is 4. The van der Waals surface area contributed by atoms with E-state index in [4.69, 9.17) is 9.16 Å². The number of ether oxygens (including phenoxy) is 1. The van der Waals surface area contributed by atoms with Gasteiger partial charge in [0.2, 0.25) is 0 Å². The molecule has 3 rings (SSSR count). The molecule has 0 amide bonds. The van der Waals surface area contributed by atoms with E-state index in [9.17, 15) is 10.1 Å². The molecule has 0 aliphatic rings. The van der Waals surface area contributed by atoms with Gasteiger partial charge in [-0.25, -0.2) is 4.79 Å². The number of nitrogens with zero attached hydrogens (tertiary/aromatic N) is 1. The molecule has 3 aromatic carbocycles. The van der Waals surface area contributed by atoms with Gasteiger partial charge in [-0.2, -0.15) is 5.26 Å². The number of benzene rings is 3. The molecule has 0 radical (unpaired) electrons. The molecule has 5 heteroatoms. The van der Waals surface area contributed by atoms with Crippen molar-refractivity contribution in [1.29, 1.82) is 5.26 Å². The van der Waals surface area contributed by atoms with Crippen LogP contribution in [0, 0.1) is 11.3 Å². The number of carbonyl (C=O) groups excluding carboxylic acids is 1. The van der Waals surface area contributed by atoms with Crippen LogP contribution in [0.2, 0.25) is 11.1 Å². The first-order valence-electron chi connectivity index (χ1n) is 14.2. The number of carbonyl (C=O) groups is 1. The Bertz CT molecular complexity index is 1370. The van der Waals surface area contributed by atoms with Gasteiger partial charge in [-0.3, -0.25) is 0 Å². The number of hydrogen-bond donors (Lipinski definition) is 0. The van der Waals surface area contributed by atoms with Crippen LogP contribution >= 0.6 is 0 Å². The second-order valence-electron chi connectivity index (χ2n) is 12.0. The Morgan fingerprint density at radius 1 is 0.975 bits per heavy atom. The van der Waals surface area contributed by atoms with Crippen molar-refractivity contribution < 1.29 is 14.0 Å². The average Bonchev–Trinajstić information content (AvgIpc) is 2.91. The molecule has 210 valence electrons. The third-order valence-electron chi connectivity index (χ3n) is 7.57. The minimum atomic E-state index is -2.34. The molecule has 3 aromatic rings. The fourth-order valence-corrected chi connectivity index (χ4v) is 9.39. The Balaban J connectivity index is 1.96. The normalized spacial score (nSPS) is 12.1. The van der Waals surface area contributed by atoms with Crippen molar-refractivity contribution in [3.8, 4) is 22.9 Å². The fraction of sp³-hybridized carbons (Fsp3) is 0.371. The zero-order valence-corrected chi connectivity index (χ0v) is 26.2. The highest BCUT2D eigenvalue weighted by atomic mass is 28.4. The van der Waals surface area contributed by atoms with Crippen LogP contribution in [0.5, 0.6) is 5.75 Å².